The van der Waals surface area contributed by atoms with E-state index in [1.165, 1.54) is 0 Å². The predicted octanol–water partition coefficient (Wildman–Crippen LogP) is 1.21. The average molecular weight is 173 g/mol. The van der Waals surface area contributed by atoms with Crippen LogP contribution in [0, 0.1) is 11.3 Å². The van der Waals surface area contributed by atoms with Crippen molar-refractivity contribution in [1.82, 2.24) is 9.61 Å². The first-order valence-corrected chi connectivity index (χ1v) is 3.77. The first-order valence-electron chi connectivity index (χ1n) is 3.77. The minimum Gasteiger partial charge on any atom is -0.481 e. The summed E-state index contributed by atoms with van der Waals surface area (Å²) in [6.07, 6.45) is 1.67. The summed E-state index contributed by atoms with van der Waals surface area (Å²) in [5.74, 6) is 0.569. The van der Waals surface area contributed by atoms with Crippen LogP contribution < -0.4 is 4.74 Å². The number of rotatable bonds is 1. The third kappa shape index (κ3) is 1.11. The Morgan fingerprint density at radius 2 is 2.38 bits per heavy atom. The Labute approximate surface area is 75.0 Å². The Balaban J connectivity index is 2.79. The fraction of sp³-hybridized carbons (Fsp3) is 0.111. The van der Waals surface area contributed by atoms with Crippen LogP contribution in [0.4, 0.5) is 0 Å². The Bertz CT molecular complexity index is 481. The molecule has 0 atom stereocenters. The number of nitrogens with zero attached hydrogens (tertiary/aromatic N) is 3. The summed E-state index contributed by atoms with van der Waals surface area (Å²) in [5, 5.41) is 12.8. The van der Waals surface area contributed by atoms with Crippen molar-refractivity contribution < 1.29 is 4.74 Å². The fourth-order valence-electron chi connectivity index (χ4n) is 1.21. The molecule has 0 unspecified atom stereocenters. The van der Waals surface area contributed by atoms with E-state index < -0.39 is 0 Å². The SMILES string of the molecule is COc1cc(C#N)cc2ccnn12. The number of hydrogen-bond donors (Lipinski definition) is 0. The number of fused-ring (bicyclic) bond motifs is 1. The van der Waals surface area contributed by atoms with Gasteiger partial charge in [-0.3, -0.25) is 0 Å². The van der Waals surface area contributed by atoms with Crippen LogP contribution in [0.2, 0.25) is 0 Å². The molecule has 0 fully saturated rings. The van der Waals surface area contributed by atoms with Gasteiger partial charge in [-0.05, 0) is 12.1 Å². The quantitative estimate of drug-likeness (QED) is 0.651. The van der Waals surface area contributed by atoms with Gasteiger partial charge < -0.3 is 4.74 Å². The third-order valence-corrected chi connectivity index (χ3v) is 1.80. The zero-order valence-electron chi connectivity index (χ0n) is 7.06. The number of methoxy groups -OCH3 is 1. The molecule has 0 aromatic carbocycles. The van der Waals surface area contributed by atoms with Crippen LogP contribution in [0.5, 0.6) is 5.88 Å². The molecule has 0 N–H and O–H groups in total. The lowest BCUT2D eigenvalue weighted by molar-refractivity contribution is 0.385. The molecule has 0 spiro atoms. The van der Waals surface area contributed by atoms with Crippen LogP contribution in [-0.4, -0.2) is 16.7 Å². The molecule has 2 rings (SSSR count). The summed E-state index contributed by atoms with van der Waals surface area (Å²) in [4.78, 5) is 0. The second kappa shape index (κ2) is 2.79. The summed E-state index contributed by atoms with van der Waals surface area (Å²) in [5.41, 5.74) is 1.43. The Morgan fingerprint density at radius 3 is 3.08 bits per heavy atom. The molecule has 64 valence electrons. The van der Waals surface area contributed by atoms with E-state index >= 15 is 0 Å². The highest BCUT2D eigenvalue weighted by Gasteiger charge is 2.03. The molecule has 0 saturated heterocycles. The minimum atomic E-state index is 0.569. The van der Waals surface area contributed by atoms with Gasteiger partial charge in [0.2, 0.25) is 5.88 Å². The van der Waals surface area contributed by atoms with E-state index in [0.717, 1.165) is 5.52 Å². The van der Waals surface area contributed by atoms with Crippen molar-refractivity contribution >= 4 is 5.52 Å². The second-order valence-electron chi connectivity index (χ2n) is 2.57. The van der Waals surface area contributed by atoms with Gasteiger partial charge in [0.1, 0.15) is 0 Å². The molecule has 2 aromatic heterocycles. The molecule has 0 bridgehead atoms. The van der Waals surface area contributed by atoms with Gasteiger partial charge in [-0.1, -0.05) is 0 Å². The molecule has 4 heteroatoms. The topological polar surface area (TPSA) is 50.3 Å². The Hall–Kier alpha value is -2.02. The number of ether oxygens (including phenoxy) is 1. The summed E-state index contributed by atoms with van der Waals surface area (Å²) in [6, 6.07) is 7.30. The maximum Gasteiger partial charge on any atom is 0.216 e. The van der Waals surface area contributed by atoms with Crippen molar-refractivity contribution in [3.05, 3.63) is 30.0 Å². The van der Waals surface area contributed by atoms with Gasteiger partial charge >= 0.3 is 0 Å². The van der Waals surface area contributed by atoms with Crippen LogP contribution in [-0.2, 0) is 0 Å². The van der Waals surface area contributed by atoms with Gasteiger partial charge in [-0.2, -0.15) is 10.4 Å². The number of aromatic nitrogens is 2. The molecule has 0 aliphatic heterocycles. The van der Waals surface area contributed by atoms with E-state index in [-0.39, 0.29) is 0 Å². The van der Waals surface area contributed by atoms with E-state index in [0.29, 0.717) is 11.4 Å². The molecule has 2 aromatic rings. The van der Waals surface area contributed by atoms with Crippen molar-refractivity contribution in [1.29, 1.82) is 5.26 Å². The van der Waals surface area contributed by atoms with Gasteiger partial charge in [-0.25, -0.2) is 4.52 Å². The summed E-state index contributed by atoms with van der Waals surface area (Å²) >= 11 is 0. The smallest absolute Gasteiger partial charge is 0.216 e. The molecule has 4 nitrogen and oxygen atoms in total. The second-order valence-corrected chi connectivity index (χ2v) is 2.57. The van der Waals surface area contributed by atoms with Crippen LogP contribution in [0.25, 0.3) is 5.52 Å². The van der Waals surface area contributed by atoms with Gasteiger partial charge in [0.05, 0.1) is 30.5 Å². The Kier molecular flexibility index (Phi) is 1.64. The van der Waals surface area contributed by atoms with Crippen molar-refractivity contribution in [3.8, 4) is 11.9 Å². The molecule has 0 aliphatic rings. The van der Waals surface area contributed by atoms with E-state index in [4.69, 9.17) is 10.00 Å². The van der Waals surface area contributed by atoms with E-state index in [1.54, 1.807) is 30.0 Å². The molecule has 2 heterocycles. The summed E-state index contributed by atoms with van der Waals surface area (Å²) < 4.78 is 6.72. The van der Waals surface area contributed by atoms with Gasteiger partial charge in [0, 0.05) is 6.07 Å². The van der Waals surface area contributed by atoms with Gasteiger partial charge in [0.25, 0.3) is 0 Å². The number of hydrogen-bond acceptors (Lipinski definition) is 3. The highest BCUT2D eigenvalue weighted by atomic mass is 16.5. The summed E-state index contributed by atoms with van der Waals surface area (Å²) in [7, 11) is 1.55. The standard InChI is InChI=1S/C9H7N3O/c1-13-9-5-7(6-10)4-8-2-3-11-12(8)9/h2-5H,1H3. The predicted molar refractivity (Wildman–Crippen MR) is 46.5 cm³/mol. The lowest BCUT2D eigenvalue weighted by Crippen LogP contribution is -1.95. The molecule has 0 aliphatic carbocycles. The molecular weight excluding hydrogens is 166 g/mol. The van der Waals surface area contributed by atoms with Crippen LogP contribution in [0.1, 0.15) is 5.56 Å². The fourth-order valence-corrected chi connectivity index (χ4v) is 1.21. The van der Waals surface area contributed by atoms with E-state index in [2.05, 4.69) is 11.2 Å². The van der Waals surface area contributed by atoms with E-state index in [1.807, 2.05) is 6.07 Å². The van der Waals surface area contributed by atoms with Crippen LogP contribution >= 0.6 is 0 Å². The summed E-state index contributed by atoms with van der Waals surface area (Å²) in [6.45, 7) is 0. The van der Waals surface area contributed by atoms with Crippen LogP contribution in [0.15, 0.2) is 24.4 Å². The van der Waals surface area contributed by atoms with Crippen molar-refractivity contribution in [3.63, 3.8) is 0 Å². The molecule has 0 radical (unpaired) electrons. The first kappa shape index (κ1) is 7.62. The maximum absolute atomic E-state index is 8.72. The monoisotopic (exact) mass is 173 g/mol. The van der Waals surface area contributed by atoms with Crippen LogP contribution in [0.3, 0.4) is 0 Å². The number of nitriles is 1. The maximum atomic E-state index is 8.72. The lowest BCUT2D eigenvalue weighted by atomic mass is 10.2. The molecular formula is C9H7N3O. The van der Waals surface area contributed by atoms with Crippen molar-refractivity contribution in [2.24, 2.45) is 0 Å². The zero-order chi connectivity index (χ0) is 9.26. The molecule has 0 saturated carbocycles. The lowest BCUT2D eigenvalue weighted by Gasteiger charge is -2.02. The normalized spacial score (nSPS) is 9.85. The Morgan fingerprint density at radius 1 is 1.54 bits per heavy atom. The highest BCUT2D eigenvalue weighted by molar-refractivity contribution is 5.53. The van der Waals surface area contributed by atoms with E-state index in [9.17, 15) is 0 Å². The van der Waals surface area contributed by atoms with Gasteiger partial charge in [-0.15, -0.1) is 0 Å². The molecule has 0 amide bonds. The first-order chi connectivity index (χ1) is 6.35. The van der Waals surface area contributed by atoms with Crippen molar-refractivity contribution in [2.75, 3.05) is 7.11 Å². The minimum absolute atomic E-state index is 0.569. The zero-order valence-corrected chi connectivity index (χ0v) is 7.06. The molecule has 13 heavy (non-hydrogen) atoms. The van der Waals surface area contributed by atoms with Crippen molar-refractivity contribution in [2.45, 2.75) is 0 Å². The largest absolute Gasteiger partial charge is 0.481 e. The average Bonchev–Trinajstić information content (AvgIpc) is 2.63. The highest BCUT2D eigenvalue weighted by Crippen LogP contribution is 2.16. The number of pyridine rings is 1. The van der Waals surface area contributed by atoms with Gasteiger partial charge in [0.15, 0.2) is 0 Å². The third-order valence-electron chi connectivity index (χ3n) is 1.80.